The highest BCUT2D eigenvalue weighted by Crippen LogP contribution is 2.28. The zero-order valence-electron chi connectivity index (χ0n) is 18.6. The van der Waals surface area contributed by atoms with Crippen molar-refractivity contribution in [2.75, 3.05) is 23.3 Å². The van der Waals surface area contributed by atoms with Crippen LogP contribution in [0.4, 0.5) is 11.5 Å². The van der Waals surface area contributed by atoms with E-state index in [9.17, 15) is 4.79 Å². The fraction of sp³-hybridized carbons (Fsp3) is 0.348. The van der Waals surface area contributed by atoms with Crippen LogP contribution in [0.1, 0.15) is 35.6 Å². The van der Waals surface area contributed by atoms with Crippen molar-refractivity contribution in [3.63, 3.8) is 0 Å². The Morgan fingerprint density at radius 3 is 2.50 bits per heavy atom. The molecule has 0 spiro atoms. The minimum Gasteiger partial charge on any atom is -0.367 e. The van der Waals surface area contributed by atoms with Gasteiger partial charge in [0.1, 0.15) is 16.9 Å². The first-order chi connectivity index (χ1) is 15.4. The van der Waals surface area contributed by atoms with Gasteiger partial charge < -0.3 is 19.9 Å². The average molecular weight is 431 g/mol. The Kier molecular flexibility index (Phi) is 4.97. The lowest BCUT2D eigenvalue weighted by molar-refractivity contribution is 0.102. The van der Waals surface area contributed by atoms with Crippen LogP contribution in [0.25, 0.3) is 16.7 Å². The smallest absolute Gasteiger partial charge is 0.259 e. The lowest BCUT2D eigenvalue weighted by Crippen LogP contribution is -2.54. The summed E-state index contributed by atoms with van der Waals surface area (Å²) in [5.41, 5.74) is 5.19. The summed E-state index contributed by atoms with van der Waals surface area (Å²) in [5, 5.41) is 6.46. The first kappa shape index (κ1) is 20.3. The van der Waals surface area contributed by atoms with Gasteiger partial charge in [0.15, 0.2) is 5.65 Å². The number of benzene rings is 1. The normalized spacial score (nSPS) is 18.9. The van der Waals surface area contributed by atoms with Gasteiger partial charge in [-0.15, -0.1) is 0 Å². The van der Waals surface area contributed by atoms with Gasteiger partial charge in [-0.25, -0.2) is 9.97 Å². The number of imidazole rings is 1. The summed E-state index contributed by atoms with van der Waals surface area (Å²) in [6.07, 6.45) is 6.97. The van der Waals surface area contributed by atoms with Gasteiger partial charge in [-0.1, -0.05) is 0 Å². The van der Waals surface area contributed by atoms with Crippen LogP contribution in [0, 0.1) is 13.8 Å². The van der Waals surface area contributed by atoms with Crippen LogP contribution in [0.5, 0.6) is 0 Å². The highest BCUT2D eigenvalue weighted by molar-refractivity contribution is 6.12. The Morgan fingerprint density at radius 2 is 1.75 bits per heavy atom. The van der Waals surface area contributed by atoms with Crippen molar-refractivity contribution >= 4 is 34.1 Å². The van der Waals surface area contributed by atoms with Crippen LogP contribution in [0.2, 0.25) is 0 Å². The van der Waals surface area contributed by atoms with Gasteiger partial charge in [0.05, 0.1) is 28.8 Å². The number of aryl methyl sites for hydroxylation is 2. The second kappa shape index (κ2) is 7.83. The molecule has 1 saturated heterocycles. The first-order valence-electron chi connectivity index (χ1n) is 10.8. The predicted molar refractivity (Wildman–Crippen MR) is 124 cm³/mol. The molecule has 0 bridgehead atoms. The van der Waals surface area contributed by atoms with Gasteiger partial charge in [0, 0.05) is 43.8 Å². The molecule has 4 aromatic rings. The maximum atomic E-state index is 13.2. The van der Waals surface area contributed by atoms with Crippen molar-refractivity contribution in [3.05, 3.63) is 53.9 Å². The number of amides is 1. The third kappa shape index (κ3) is 3.64. The number of carbonyl (C=O) groups is 1. The minimum atomic E-state index is -0.271. The fourth-order valence-electron chi connectivity index (χ4n) is 4.52. The van der Waals surface area contributed by atoms with Gasteiger partial charge in [-0.3, -0.25) is 14.8 Å². The summed E-state index contributed by atoms with van der Waals surface area (Å²) in [6.45, 7) is 9.89. The van der Waals surface area contributed by atoms with Crippen molar-refractivity contribution in [1.29, 1.82) is 0 Å². The number of aromatic nitrogens is 5. The second-order valence-corrected chi connectivity index (χ2v) is 8.54. The van der Waals surface area contributed by atoms with Gasteiger partial charge in [-0.05, 0) is 39.8 Å². The van der Waals surface area contributed by atoms with E-state index in [0.717, 1.165) is 41.3 Å². The summed E-state index contributed by atoms with van der Waals surface area (Å²) < 4.78 is 1.88. The Morgan fingerprint density at radius 1 is 1.03 bits per heavy atom. The Balaban J connectivity index is 1.50. The number of piperazine rings is 1. The molecule has 2 unspecified atom stereocenters. The molecule has 0 radical (unpaired) electrons. The number of nitrogens with zero attached hydrogens (tertiary/aromatic N) is 6. The van der Waals surface area contributed by atoms with Crippen molar-refractivity contribution in [2.24, 2.45) is 0 Å². The van der Waals surface area contributed by atoms with Crippen LogP contribution < -0.4 is 15.5 Å². The minimum absolute atomic E-state index is 0.271. The first-order valence-corrected chi connectivity index (χ1v) is 10.8. The van der Waals surface area contributed by atoms with Crippen molar-refractivity contribution in [2.45, 2.75) is 39.8 Å². The maximum absolute atomic E-state index is 13.2. The molecule has 1 amide bonds. The Hall–Kier alpha value is -3.59. The molecule has 2 atom stereocenters. The van der Waals surface area contributed by atoms with E-state index in [0.29, 0.717) is 29.0 Å². The molecule has 1 aromatic carbocycles. The van der Waals surface area contributed by atoms with Crippen molar-refractivity contribution in [3.8, 4) is 0 Å². The number of fused-ring (bicyclic) bond motifs is 2. The Labute approximate surface area is 185 Å². The second-order valence-electron chi connectivity index (χ2n) is 8.54. The third-order valence-electron chi connectivity index (χ3n) is 5.71. The topological polar surface area (TPSA) is 100 Å². The maximum Gasteiger partial charge on any atom is 0.259 e. The van der Waals surface area contributed by atoms with E-state index >= 15 is 0 Å². The highest BCUT2D eigenvalue weighted by atomic mass is 16.1. The van der Waals surface area contributed by atoms with Crippen LogP contribution in [0.3, 0.4) is 0 Å². The molecule has 164 valence electrons. The third-order valence-corrected chi connectivity index (χ3v) is 5.71. The van der Waals surface area contributed by atoms with Crippen LogP contribution in [0.15, 0.2) is 36.9 Å². The quantitative estimate of drug-likeness (QED) is 0.515. The van der Waals surface area contributed by atoms with Gasteiger partial charge in [-0.2, -0.15) is 0 Å². The van der Waals surface area contributed by atoms with Gasteiger partial charge in [0.25, 0.3) is 5.91 Å². The molecule has 5 rings (SSSR count). The molecule has 1 aliphatic rings. The van der Waals surface area contributed by atoms with E-state index in [-0.39, 0.29) is 5.91 Å². The zero-order valence-corrected chi connectivity index (χ0v) is 18.6. The molecule has 0 saturated carbocycles. The number of hydrogen-bond donors (Lipinski definition) is 2. The van der Waals surface area contributed by atoms with E-state index < -0.39 is 0 Å². The SMILES string of the molecule is Cc1cn2cc(NC(=O)c3ccc(N4CC(C)NC(C)C4)c4nccnc34)nc(C)c2n1. The van der Waals surface area contributed by atoms with E-state index in [1.165, 1.54) is 0 Å². The summed E-state index contributed by atoms with van der Waals surface area (Å²) in [5.74, 6) is 0.190. The fourth-order valence-corrected chi connectivity index (χ4v) is 4.52. The number of hydrogen-bond acceptors (Lipinski definition) is 7. The number of carbonyl (C=O) groups excluding carboxylic acids is 1. The molecule has 1 fully saturated rings. The van der Waals surface area contributed by atoms with E-state index in [4.69, 9.17) is 0 Å². The molecular weight excluding hydrogens is 404 g/mol. The van der Waals surface area contributed by atoms with Gasteiger partial charge >= 0.3 is 0 Å². The average Bonchev–Trinajstić information content (AvgIpc) is 3.13. The molecule has 0 aliphatic carbocycles. The monoisotopic (exact) mass is 430 g/mol. The highest BCUT2D eigenvalue weighted by Gasteiger charge is 2.24. The molecule has 4 heterocycles. The summed E-state index contributed by atoms with van der Waals surface area (Å²) >= 11 is 0. The van der Waals surface area contributed by atoms with Crippen LogP contribution in [-0.4, -0.2) is 55.4 Å². The zero-order chi connectivity index (χ0) is 22.4. The van der Waals surface area contributed by atoms with Crippen LogP contribution >= 0.6 is 0 Å². The predicted octanol–water partition coefficient (Wildman–Crippen LogP) is 2.73. The lowest BCUT2D eigenvalue weighted by atomic mass is 10.1. The molecule has 1 aliphatic heterocycles. The van der Waals surface area contributed by atoms with Crippen molar-refractivity contribution in [1.82, 2.24) is 29.7 Å². The summed E-state index contributed by atoms with van der Waals surface area (Å²) in [6, 6.07) is 4.53. The summed E-state index contributed by atoms with van der Waals surface area (Å²) in [4.78, 5) is 33.6. The van der Waals surface area contributed by atoms with E-state index in [2.05, 4.69) is 49.3 Å². The number of anilines is 2. The molecule has 9 nitrogen and oxygen atoms in total. The molecule has 32 heavy (non-hydrogen) atoms. The lowest BCUT2D eigenvalue weighted by Gasteiger charge is -2.38. The van der Waals surface area contributed by atoms with E-state index in [1.54, 1.807) is 18.6 Å². The molecule has 2 N–H and O–H groups in total. The van der Waals surface area contributed by atoms with Crippen molar-refractivity contribution < 1.29 is 4.79 Å². The molecule has 3 aromatic heterocycles. The standard InChI is InChI=1S/C23H26N8O/c1-13-9-30(10-14(2)26-13)18-6-5-17(20-21(18)25-8-7-24-20)23(32)29-19-12-31-11-15(3)27-22(31)16(4)28-19/h5-8,11-14,26H,9-10H2,1-4H3,(H,29,32). The largest absolute Gasteiger partial charge is 0.367 e. The van der Waals surface area contributed by atoms with E-state index in [1.807, 2.05) is 36.6 Å². The molecular formula is C23H26N8O. The molecule has 9 heteroatoms. The Bertz CT molecular complexity index is 1320. The number of rotatable bonds is 3. The van der Waals surface area contributed by atoms with Crippen LogP contribution in [-0.2, 0) is 0 Å². The summed E-state index contributed by atoms with van der Waals surface area (Å²) in [7, 11) is 0. The number of nitrogens with one attached hydrogen (secondary N) is 2. The van der Waals surface area contributed by atoms with Gasteiger partial charge in [0.2, 0.25) is 0 Å².